The van der Waals surface area contributed by atoms with E-state index in [1.54, 1.807) is 29.2 Å². The van der Waals surface area contributed by atoms with Crippen LogP contribution >= 0.6 is 0 Å². The molecule has 1 atom stereocenters. The molecule has 2 N–H and O–H groups in total. The van der Waals surface area contributed by atoms with Crippen molar-refractivity contribution in [2.24, 2.45) is 0 Å². The summed E-state index contributed by atoms with van der Waals surface area (Å²) in [5.74, 6) is -1.52. The third-order valence-corrected chi connectivity index (χ3v) is 2.81. The van der Waals surface area contributed by atoms with Crippen molar-refractivity contribution in [2.75, 3.05) is 23.3 Å². The number of nitrogens with one attached hydrogen (secondary N) is 1. The van der Waals surface area contributed by atoms with E-state index in [0.29, 0.717) is 24.5 Å². The zero-order chi connectivity index (χ0) is 15.8. The molecule has 0 heterocycles. The Kier molecular flexibility index (Phi) is 6.20. The highest BCUT2D eigenvalue weighted by atomic mass is 19.1. The Labute approximate surface area is 123 Å². The van der Waals surface area contributed by atoms with E-state index in [1.165, 1.54) is 12.1 Å². The number of halogens is 1. The zero-order valence-electron chi connectivity index (χ0n) is 11.8. The summed E-state index contributed by atoms with van der Waals surface area (Å²) in [4.78, 5) is 12.7. The van der Waals surface area contributed by atoms with Gasteiger partial charge in [-0.1, -0.05) is 18.2 Å². The molecule has 0 aromatic heterocycles. The second kappa shape index (κ2) is 7.89. The molecule has 0 spiro atoms. The Balaban J connectivity index is 2.98. The predicted octanol–water partition coefficient (Wildman–Crippen LogP) is 3.06. The Morgan fingerprint density at radius 1 is 1.33 bits per heavy atom. The van der Waals surface area contributed by atoms with Crippen LogP contribution < -0.4 is 10.2 Å². The SMILES string of the molecule is C=CCN(CC=C)c1ccc(NC(C=C)C(=O)O)cc1F. The second-order valence-electron chi connectivity index (χ2n) is 4.34. The van der Waals surface area contributed by atoms with Gasteiger partial charge in [-0.3, -0.25) is 0 Å². The molecule has 1 unspecified atom stereocenters. The largest absolute Gasteiger partial charge is 0.479 e. The Morgan fingerprint density at radius 2 is 1.95 bits per heavy atom. The molecule has 1 aromatic carbocycles. The van der Waals surface area contributed by atoms with Gasteiger partial charge in [0.05, 0.1) is 5.69 Å². The molecule has 0 saturated carbocycles. The van der Waals surface area contributed by atoms with Crippen LogP contribution in [0, 0.1) is 5.82 Å². The third kappa shape index (κ3) is 4.49. The molecular formula is C16H19FN2O2. The summed E-state index contributed by atoms with van der Waals surface area (Å²) < 4.78 is 14.2. The van der Waals surface area contributed by atoms with Crippen LogP contribution in [0.25, 0.3) is 0 Å². The minimum Gasteiger partial charge on any atom is -0.479 e. The number of carboxylic acid groups (broad SMARTS) is 1. The average molecular weight is 290 g/mol. The summed E-state index contributed by atoms with van der Waals surface area (Å²) in [6.45, 7) is 11.7. The van der Waals surface area contributed by atoms with Gasteiger partial charge in [-0.15, -0.1) is 19.7 Å². The van der Waals surface area contributed by atoms with Crippen LogP contribution in [-0.2, 0) is 4.79 Å². The summed E-state index contributed by atoms with van der Waals surface area (Å²) >= 11 is 0. The van der Waals surface area contributed by atoms with E-state index < -0.39 is 17.8 Å². The van der Waals surface area contributed by atoms with Crippen LogP contribution in [0.4, 0.5) is 15.8 Å². The summed E-state index contributed by atoms with van der Waals surface area (Å²) in [7, 11) is 0. The van der Waals surface area contributed by atoms with Crippen molar-refractivity contribution in [3.63, 3.8) is 0 Å². The van der Waals surface area contributed by atoms with Gasteiger partial charge in [-0.25, -0.2) is 9.18 Å². The van der Waals surface area contributed by atoms with E-state index in [1.807, 2.05) is 0 Å². The van der Waals surface area contributed by atoms with Crippen molar-refractivity contribution in [1.82, 2.24) is 0 Å². The first-order chi connectivity index (χ1) is 10.0. The molecule has 0 amide bonds. The maximum atomic E-state index is 14.2. The molecule has 0 aliphatic heterocycles. The van der Waals surface area contributed by atoms with Gasteiger partial charge >= 0.3 is 5.97 Å². The highest BCUT2D eigenvalue weighted by Gasteiger charge is 2.15. The predicted molar refractivity (Wildman–Crippen MR) is 84.3 cm³/mol. The Hall–Kier alpha value is -2.56. The first kappa shape index (κ1) is 16.5. The summed E-state index contributed by atoms with van der Waals surface area (Å²) in [6, 6.07) is 3.50. The highest BCUT2D eigenvalue weighted by molar-refractivity contribution is 5.79. The molecule has 0 fully saturated rings. The van der Waals surface area contributed by atoms with Gasteiger partial charge in [-0.05, 0) is 18.2 Å². The van der Waals surface area contributed by atoms with Crippen molar-refractivity contribution in [3.05, 3.63) is 62.0 Å². The maximum absolute atomic E-state index is 14.2. The molecule has 1 aromatic rings. The highest BCUT2D eigenvalue weighted by Crippen LogP contribution is 2.23. The van der Waals surface area contributed by atoms with Crippen molar-refractivity contribution in [1.29, 1.82) is 0 Å². The zero-order valence-corrected chi connectivity index (χ0v) is 11.8. The average Bonchev–Trinajstić information content (AvgIpc) is 2.44. The fourth-order valence-corrected chi connectivity index (χ4v) is 1.84. The van der Waals surface area contributed by atoms with Crippen LogP contribution in [0.3, 0.4) is 0 Å². The van der Waals surface area contributed by atoms with Gasteiger partial charge < -0.3 is 15.3 Å². The van der Waals surface area contributed by atoms with Crippen LogP contribution in [-0.4, -0.2) is 30.2 Å². The number of rotatable bonds is 9. The molecular weight excluding hydrogens is 271 g/mol. The molecule has 112 valence electrons. The van der Waals surface area contributed by atoms with Gasteiger partial charge in [-0.2, -0.15) is 0 Å². The number of benzene rings is 1. The van der Waals surface area contributed by atoms with Gasteiger partial charge in [0.25, 0.3) is 0 Å². The van der Waals surface area contributed by atoms with Gasteiger partial charge in [0, 0.05) is 18.8 Å². The lowest BCUT2D eigenvalue weighted by molar-refractivity contribution is -0.136. The van der Waals surface area contributed by atoms with E-state index in [-0.39, 0.29) is 0 Å². The Bertz CT molecular complexity index is 533. The summed E-state index contributed by atoms with van der Waals surface area (Å²) in [5.41, 5.74) is 0.784. The number of carbonyl (C=O) groups is 1. The van der Waals surface area contributed by atoms with Crippen molar-refractivity contribution in [2.45, 2.75) is 6.04 Å². The number of nitrogens with zero attached hydrogens (tertiary/aromatic N) is 1. The maximum Gasteiger partial charge on any atom is 0.330 e. The van der Waals surface area contributed by atoms with Gasteiger partial charge in [0.15, 0.2) is 0 Å². The van der Waals surface area contributed by atoms with Crippen LogP contribution in [0.2, 0.25) is 0 Å². The topological polar surface area (TPSA) is 52.6 Å². The molecule has 5 heteroatoms. The minimum absolute atomic E-state index is 0.376. The number of hydrogen-bond donors (Lipinski definition) is 2. The number of anilines is 2. The van der Waals surface area contributed by atoms with Crippen LogP contribution in [0.1, 0.15) is 0 Å². The quantitative estimate of drug-likeness (QED) is 0.686. The van der Waals surface area contributed by atoms with Gasteiger partial charge in [0.2, 0.25) is 0 Å². The number of aliphatic carboxylic acids is 1. The molecule has 1 rings (SSSR count). The van der Waals surface area contributed by atoms with E-state index in [9.17, 15) is 9.18 Å². The molecule has 0 radical (unpaired) electrons. The summed E-state index contributed by atoms with van der Waals surface area (Å²) in [5, 5.41) is 11.6. The third-order valence-electron chi connectivity index (χ3n) is 2.81. The first-order valence-electron chi connectivity index (χ1n) is 6.41. The molecule has 21 heavy (non-hydrogen) atoms. The molecule has 0 aliphatic carbocycles. The summed E-state index contributed by atoms with van der Waals surface area (Å²) in [6.07, 6.45) is 4.59. The fraction of sp³-hybridized carbons (Fsp3) is 0.188. The van der Waals surface area contributed by atoms with E-state index >= 15 is 0 Å². The molecule has 0 saturated heterocycles. The van der Waals surface area contributed by atoms with E-state index in [0.717, 1.165) is 0 Å². The van der Waals surface area contributed by atoms with E-state index in [4.69, 9.17) is 5.11 Å². The lowest BCUT2D eigenvalue weighted by Gasteiger charge is -2.23. The van der Waals surface area contributed by atoms with Crippen molar-refractivity contribution >= 4 is 17.3 Å². The number of carboxylic acids is 1. The molecule has 4 nitrogen and oxygen atoms in total. The lowest BCUT2D eigenvalue weighted by atomic mass is 10.2. The van der Waals surface area contributed by atoms with Crippen LogP contribution in [0.15, 0.2) is 56.2 Å². The van der Waals surface area contributed by atoms with Crippen molar-refractivity contribution in [3.8, 4) is 0 Å². The minimum atomic E-state index is -1.07. The molecule has 0 bridgehead atoms. The lowest BCUT2D eigenvalue weighted by Crippen LogP contribution is -2.27. The van der Waals surface area contributed by atoms with Crippen molar-refractivity contribution < 1.29 is 14.3 Å². The van der Waals surface area contributed by atoms with Crippen LogP contribution in [0.5, 0.6) is 0 Å². The van der Waals surface area contributed by atoms with Gasteiger partial charge in [0.1, 0.15) is 11.9 Å². The van der Waals surface area contributed by atoms with E-state index in [2.05, 4.69) is 25.1 Å². The molecule has 0 aliphatic rings. The normalized spacial score (nSPS) is 11.3. The second-order valence-corrected chi connectivity index (χ2v) is 4.34. The standard InChI is InChI=1S/C16H19FN2O2/c1-4-9-19(10-5-2)15-8-7-12(11-13(15)17)18-14(6-3)16(20)21/h4-8,11,14,18H,1-3,9-10H2,(H,20,21). The number of hydrogen-bond acceptors (Lipinski definition) is 3. The smallest absolute Gasteiger partial charge is 0.330 e. The monoisotopic (exact) mass is 290 g/mol. The fourth-order valence-electron chi connectivity index (χ4n) is 1.84. The Morgan fingerprint density at radius 3 is 2.38 bits per heavy atom. The first-order valence-corrected chi connectivity index (χ1v) is 6.41.